The fraction of sp³-hybridized carbons (Fsp3) is 0.118. The number of hydrogen-bond acceptors (Lipinski definition) is 2. The van der Waals surface area contributed by atoms with Gasteiger partial charge in [0.1, 0.15) is 5.75 Å². The van der Waals surface area contributed by atoms with Gasteiger partial charge in [-0.3, -0.25) is 4.79 Å². The Hall–Kier alpha value is -2.26. The van der Waals surface area contributed by atoms with Crippen molar-refractivity contribution in [3.8, 4) is 5.75 Å². The van der Waals surface area contributed by atoms with E-state index in [2.05, 4.69) is 4.98 Å². The molecule has 0 aliphatic heterocycles. The largest absolute Gasteiger partial charge is 0.496 e. The molecule has 0 radical (unpaired) electrons. The van der Waals surface area contributed by atoms with Crippen LogP contribution in [0.25, 0.3) is 10.9 Å². The molecule has 0 unspecified atom stereocenters. The summed E-state index contributed by atoms with van der Waals surface area (Å²) in [5.41, 5.74) is 3.09. The summed E-state index contributed by atoms with van der Waals surface area (Å²) in [4.78, 5) is 15.8. The zero-order valence-electron chi connectivity index (χ0n) is 11.7. The molecular formula is C17H14ClNO2. The molecule has 3 aromatic rings. The fourth-order valence-corrected chi connectivity index (χ4v) is 2.58. The molecule has 0 bridgehead atoms. The molecule has 0 saturated heterocycles. The van der Waals surface area contributed by atoms with Crippen LogP contribution in [0.15, 0.2) is 42.6 Å². The number of ether oxygens (including phenoxy) is 1. The van der Waals surface area contributed by atoms with E-state index in [0.717, 1.165) is 16.5 Å². The van der Waals surface area contributed by atoms with Gasteiger partial charge in [0.25, 0.3) is 0 Å². The molecule has 0 aliphatic carbocycles. The van der Waals surface area contributed by atoms with Crippen molar-refractivity contribution in [2.45, 2.75) is 6.92 Å². The monoisotopic (exact) mass is 299 g/mol. The Morgan fingerprint density at radius 1 is 1.19 bits per heavy atom. The van der Waals surface area contributed by atoms with Crippen LogP contribution >= 0.6 is 11.6 Å². The lowest BCUT2D eigenvalue weighted by Gasteiger charge is -2.06. The topological polar surface area (TPSA) is 42.1 Å². The zero-order chi connectivity index (χ0) is 15.0. The Kier molecular flexibility index (Phi) is 3.43. The minimum Gasteiger partial charge on any atom is -0.496 e. The molecule has 0 fully saturated rings. The lowest BCUT2D eigenvalue weighted by Crippen LogP contribution is -2.01. The SMILES string of the molecule is COc1cc(C(=O)c2c[nH]c3cc(Cl)ccc23)ccc1C. The van der Waals surface area contributed by atoms with Gasteiger partial charge < -0.3 is 9.72 Å². The van der Waals surface area contributed by atoms with Crippen LogP contribution in [0.4, 0.5) is 0 Å². The summed E-state index contributed by atoms with van der Waals surface area (Å²) in [7, 11) is 1.60. The van der Waals surface area contributed by atoms with Gasteiger partial charge in [-0.1, -0.05) is 29.8 Å². The van der Waals surface area contributed by atoms with Crippen molar-refractivity contribution in [2.24, 2.45) is 0 Å². The van der Waals surface area contributed by atoms with Gasteiger partial charge in [-0.2, -0.15) is 0 Å². The van der Waals surface area contributed by atoms with Gasteiger partial charge in [0.2, 0.25) is 0 Å². The van der Waals surface area contributed by atoms with Crippen LogP contribution in [0.5, 0.6) is 5.75 Å². The molecule has 3 nitrogen and oxygen atoms in total. The average molecular weight is 300 g/mol. The molecule has 0 saturated carbocycles. The number of halogens is 1. The first kappa shape index (κ1) is 13.7. The van der Waals surface area contributed by atoms with Crippen molar-refractivity contribution in [3.63, 3.8) is 0 Å². The Balaban J connectivity index is 2.08. The van der Waals surface area contributed by atoms with Crippen LogP contribution in [0, 0.1) is 6.92 Å². The van der Waals surface area contributed by atoms with E-state index in [9.17, 15) is 4.79 Å². The summed E-state index contributed by atoms with van der Waals surface area (Å²) in [5, 5.41) is 1.50. The molecule has 1 heterocycles. The highest BCUT2D eigenvalue weighted by atomic mass is 35.5. The van der Waals surface area contributed by atoms with Crippen molar-refractivity contribution in [1.82, 2.24) is 4.98 Å². The third kappa shape index (κ3) is 2.41. The van der Waals surface area contributed by atoms with Crippen molar-refractivity contribution in [1.29, 1.82) is 0 Å². The maximum absolute atomic E-state index is 12.7. The molecule has 4 heteroatoms. The van der Waals surface area contributed by atoms with E-state index >= 15 is 0 Å². The summed E-state index contributed by atoms with van der Waals surface area (Å²) in [6, 6.07) is 10.9. The number of rotatable bonds is 3. The van der Waals surface area contributed by atoms with E-state index in [1.807, 2.05) is 31.2 Å². The van der Waals surface area contributed by atoms with Crippen LogP contribution in [-0.4, -0.2) is 17.9 Å². The Morgan fingerprint density at radius 3 is 2.76 bits per heavy atom. The lowest BCUT2D eigenvalue weighted by atomic mass is 10.0. The standard InChI is InChI=1S/C17H14ClNO2/c1-10-3-4-11(7-16(10)21-2)17(20)14-9-19-15-8-12(18)5-6-13(14)15/h3-9,19H,1-2H3. The summed E-state index contributed by atoms with van der Waals surface area (Å²) in [5.74, 6) is 0.672. The summed E-state index contributed by atoms with van der Waals surface area (Å²) in [6.45, 7) is 1.95. The highest BCUT2D eigenvalue weighted by Gasteiger charge is 2.15. The quantitative estimate of drug-likeness (QED) is 0.730. The first-order chi connectivity index (χ1) is 10.1. The molecule has 106 valence electrons. The third-order valence-electron chi connectivity index (χ3n) is 3.56. The number of methoxy groups -OCH3 is 1. The van der Waals surface area contributed by atoms with Gasteiger partial charge in [0, 0.05) is 33.2 Å². The highest BCUT2D eigenvalue weighted by molar-refractivity contribution is 6.31. The highest BCUT2D eigenvalue weighted by Crippen LogP contribution is 2.26. The predicted molar refractivity (Wildman–Crippen MR) is 84.5 cm³/mol. The van der Waals surface area contributed by atoms with Crippen molar-refractivity contribution < 1.29 is 9.53 Å². The second-order valence-corrected chi connectivity index (χ2v) is 5.34. The van der Waals surface area contributed by atoms with E-state index < -0.39 is 0 Å². The van der Waals surface area contributed by atoms with Crippen LogP contribution in [0.2, 0.25) is 5.02 Å². The number of nitrogens with one attached hydrogen (secondary N) is 1. The first-order valence-corrected chi connectivity index (χ1v) is 6.94. The third-order valence-corrected chi connectivity index (χ3v) is 3.79. The van der Waals surface area contributed by atoms with Gasteiger partial charge in [-0.25, -0.2) is 0 Å². The van der Waals surface area contributed by atoms with Crippen LogP contribution in [0.3, 0.4) is 0 Å². The van der Waals surface area contributed by atoms with Gasteiger partial charge in [-0.15, -0.1) is 0 Å². The molecule has 0 spiro atoms. The lowest BCUT2D eigenvalue weighted by molar-refractivity contribution is 0.104. The first-order valence-electron chi connectivity index (χ1n) is 6.56. The molecule has 0 atom stereocenters. The summed E-state index contributed by atoms with van der Waals surface area (Å²) < 4.78 is 5.28. The molecule has 3 rings (SSSR count). The number of aryl methyl sites for hydroxylation is 1. The number of hydrogen-bond donors (Lipinski definition) is 1. The van der Waals surface area contributed by atoms with Crippen LogP contribution in [-0.2, 0) is 0 Å². The molecule has 1 N–H and O–H groups in total. The van der Waals surface area contributed by atoms with E-state index in [0.29, 0.717) is 21.9 Å². The van der Waals surface area contributed by atoms with Gasteiger partial charge in [-0.05, 0) is 30.7 Å². The van der Waals surface area contributed by atoms with Gasteiger partial charge >= 0.3 is 0 Å². The normalized spacial score (nSPS) is 10.8. The molecule has 2 aromatic carbocycles. The van der Waals surface area contributed by atoms with E-state index in [1.165, 1.54) is 0 Å². The molecule has 0 aliphatic rings. The van der Waals surface area contributed by atoms with E-state index in [4.69, 9.17) is 16.3 Å². The number of carbonyl (C=O) groups is 1. The smallest absolute Gasteiger partial charge is 0.195 e. The van der Waals surface area contributed by atoms with Crippen molar-refractivity contribution >= 4 is 28.3 Å². The number of H-pyrrole nitrogens is 1. The maximum atomic E-state index is 12.7. The Labute approximate surface area is 127 Å². The number of aromatic nitrogens is 1. The van der Waals surface area contributed by atoms with Crippen LogP contribution < -0.4 is 4.74 Å². The Morgan fingerprint density at radius 2 is 2.00 bits per heavy atom. The summed E-state index contributed by atoms with van der Waals surface area (Å²) in [6.07, 6.45) is 1.72. The second-order valence-electron chi connectivity index (χ2n) is 4.91. The molecule has 1 aromatic heterocycles. The van der Waals surface area contributed by atoms with Crippen molar-refractivity contribution in [2.75, 3.05) is 7.11 Å². The average Bonchev–Trinajstić information content (AvgIpc) is 2.89. The molecule has 0 amide bonds. The van der Waals surface area contributed by atoms with E-state index in [-0.39, 0.29) is 5.78 Å². The minimum atomic E-state index is -0.0399. The zero-order valence-corrected chi connectivity index (χ0v) is 12.5. The van der Waals surface area contributed by atoms with E-state index in [1.54, 1.807) is 25.4 Å². The van der Waals surface area contributed by atoms with Gasteiger partial charge in [0.15, 0.2) is 5.78 Å². The number of carbonyl (C=O) groups excluding carboxylic acids is 1. The Bertz CT molecular complexity index is 836. The minimum absolute atomic E-state index is 0.0399. The number of aromatic amines is 1. The van der Waals surface area contributed by atoms with Crippen LogP contribution in [0.1, 0.15) is 21.5 Å². The number of fused-ring (bicyclic) bond motifs is 1. The second kappa shape index (κ2) is 5.26. The summed E-state index contributed by atoms with van der Waals surface area (Å²) >= 11 is 5.96. The number of ketones is 1. The maximum Gasteiger partial charge on any atom is 0.195 e. The molecule has 21 heavy (non-hydrogen) atoms. The number of benzene rings is 2. The predicted octanol–water partition coefficient (Wildman–Crippen LogP) is 4.37. The fourth-order valence-electron chi connectivity index (χ4n) is 2.40. The van der Waals surface area contributed by atoms with Gasteiger partial charge in [0.05, 0.1) is 7.11 Å². The van der Waals surface area contributed by atoms with Crippen molar-refractivity contribution in [3.05, 3.63) is 64.3 Å². The molecular weight excluding hydrogens is 286 g/mol.